The Balaban J connectivity index is 1.03. The fraction of sp³-hybridized carbons (Fsp3) is 0.200. The molecular formula is C35H28FN9O2. The number of carbonyl (C=O) groups excluding carboxylic acids is 1. The maximum Gasteiger partial charge on any atom is 0.256 e. The number of benzene rings is 1. The highest BCUT2D eigenvalue weighted by molar-refractivity contribution is 5.97. The van der Waals surface area contributed by atoms with E-state index in [-0.39, 0.29) is 23.9 Å². The van der Waals surface area contributed by atoms with Gasteiger partial charge in [0.1, 0.15) is 17.7 Å². The molecule has 3 aliphatic rings. The van der Waals surface area contributed by atoms with Crippen LogP contribution in [0.4, 0.5) is 10.2 Å². The van der Waals surface area contributed by atoms with Gasteiger partial charge in [-0.15, -0.1) is 0 Å². The molecule has 5 aromatic heterocycles. The second kappa shape index (κ2) is 11.1. The van der Waals surface area contributed by atoms with Crippen molar-refractivity contribution in [3.8, 4) is 45.3 Å². The Kier molecular flexibility index (Phi) is 6.68. The van der Waals surface area contributed by atoms with E-state index in [0.29, 0.717) is 40.9 Å². The average Bonchev–Trinajstić information content (AvgIpc) is 3.74. The molecule has 6 aromatic rings. The lowest BCUT2D eigenvalue weighted by molar-refractivity contribution is 0.00573. The Bertz CT molecular complexity index is 2210. The van der Waals surface area contributed by atoms with Crippen molar-refractivity contribution >= 4 is 17.2 Å². The minimum atomic E-state index is -0.409. The number of methoxy groups -OCH3 is 1. The molecule has 2 unspecified atom stereocenters. The van der Waals surface area contributed by atoms with Gasteiger partial charge in [-0.05, 0) is 36.8 Å². The smallest absolute Gasteiger partial charge is 0.256 e. The molecule has 3 saturated heterocycles. The lowest BCUT2D eigenvalue weighted by Crippen LogP contribution is -2.70. The lowest BCUT2D eigenvalue weighted by Gasteiger charge is -2.56. The summed E-state index contributed by atoms with van der Waals surface area (Å²) in [5, 5.41) is 18.5. The van der Waals surface area contributed by atoms with Crippen LogP contribution in [0.25, 0.3) is 38.9 Å². The van der Waals surface area contributed by atoms with Crippen LogP contribution >= 0.6 is 0 Å². The van der Waals surface area contributed by atoms with Crippen LogP contribution in [0.2, 0.25) is 0 Å². The van der Waals surface area contributed by atoms with Crippen molar-refractivity contribution in [2.45, 2.75) is 18.5 Å². The second-order valence-electron chi connectivity index (χ2n) is 11.8. The SMILES string of the molecule is COc1ncc(C(=O)N2C3CC2CN(c2ccc(-c4cc(-c5cnn(C)c5)cn5ncc(C#N)c45)cn2)C3)cc1-c1ccccc1F. The molecule has 8 heterocycles. The normalized spacial score (nSPS) is 17.0. The lowest BCUT2D eigenvalue weighted by atomic mass is 9.86. The van der Waals surface area contributed by atoms with E-state index in [1.54, 1.807) is 45.9 Å². The van der Waals surface area contributed by atoms with E-state index in [9.17, 15) is 14.4 Å². The summed E-state index contributed by atoms with van der Waals surface area (Å²) >= 11 is 0. The molecule has 1 aromatic carbocycles. The van der Waals surface area contributed by atoms with E-state index in [2.05, 4.69) is 26.2 Å². The van der Waals surface area contributed by atoms with Gasteiger partial charge in [-0.2, -0.15) is 15.5 Å². The summed E-state index contributed by atoms with van der Waals surface area (Å²) in [7, 11) is 3.35. The third-order valence-corrected chi connectivity index (χ3v) is 9.04. The van der Waals surface area contributed by atoms with Gasteiger partial charge >= 0.3 is 0 Å². The summed E-state index contributed by atoms with van der Waals surface area (Å²) in [5.74, 6) is 0.539. The number of pyridine rings is 3. The average molecular weight is 626 g/mol. The van der Waals surface area contributed by atoms with Crippen LogP contribution in [0.5, 0.6) is 5.88 Å². The van der Waals surface area contributed by atoms with Crippen LogP contribution in [0.1, 0.15) is 22.3 Å². The van der Waals surface area contributed by atoms with E-state index in [4.69, 9.17) is 9.72 Å². The zero-order valence-electron chi connectivity index (χ0n) is 25.6. The van der Waals surface area contributed by atoms with Gasteiger partial charge < -0.3 is 14.5 Å². The van der Waals surface area contributed by atoms with E-state index in [1.807, 2.05) is 48.7 Å². The Hall–Kier alpha value is -6.09. The monoisotopic (exact) mass is 625 g/mol. The van der Waals surface area contributed by atoms with Crippen molar-refractivity contribution < 1.29 is 13.9 Å². The minimum Gasteiger partial charge on any atom is -0.481 e. The van der Waals surface area contributed by atoms with Crippen LogP contribution in [0.15, 0.2) is 85.7 Å². The second-order valence-corrected chi connectivity index (χ2v) is 11.8. The quantitative estimate of drug-likeness (QED) is 0.254. The number of amides is 1. The van der Waals surface area contributed by atoms with E-state index in [1.165, 1.54) is 19.4 Å². The number of aryl methyl sites for hydroxylation is 1. The van der Waals surface area contributed by atoms with Crippen molar-refractivity contribution in [3.05, 3.63) is 103 Å². The molecule has 2 atom stereocenters. The Labute approximate surface area is 269 Å². The number of aromatic nitrogens is 6. The maximum atomic E-state index is 14.6. The van der Waals surface area contributed by atoms with Crippen molar-refractivity contribution in [2.24, 2.45) is 7.05 Å². The molecule has 0 N–H and O–H groups in total. The number of carbonyl (C=O) groups is 1. The third kappa shape index (κ3) is 4.75. The molecule has 0 saturated carbocycles. The minimum absolute atomic E-state index is 0.0162. The maximum absolute atomic E-state index is 14.6. The van der Waals surface area contributed by atoms with Crippen LogP contribution in [0, 0.1) is 17.1 Å². The number of fused-ring (bicyclic) bond motifs is 3. The van der Waals surface area contributed by atoms with Crippen molar-refractivity contribution in [1.29, 1.82) is 5.26 Å². The molecule has 3 aliphatic heterocycles. The molecule has 47 heavy (non-hydrogen) atoms. The van der Waals surface area contributed by atoms with Gasteiger partial charge in [0.05, 0.1) is 48.2 Å². The van der Waals surface area contributed by atoms with Crippen molar-refractivity contribution in [3.63, 3.8) is 0 Å². The summed E-state index contributed by atoms with van der Waals surface area (Å²) in [5.41, 5.74) is 5.93. The highest BCUT2D eigenvalue weighted by Crippen LogP contribution is 2.38. The predicted molar refractivity (Wildman–Crippen MR) is 172 cm³/mol. The highest BCUT2D eigenvalue weighted by atomic mass is 19.1. The summed E-state index contributed by atoms with van der Waals surface area (Å²) in [4.78, 5) is 27.0. The van der Waals surface area contributed by atoms with E-state index >= 15 is 0 Å². The van der Waals surface area contributed by atoms with Gasteiger partial charge in [-0.3, -0.25) is 9.48 Å². The van der Waals surface area contributed by atoms with Crippen LogP contribution in [-0.2, 0) is 7.05 Å². The summed E-state index contributed by atoms with van der Waals surface area (Å²) in [6.07, 6.45) is 11.4. The molecule has 1 amide bonds. The Morgan fingerprint density at radius 1 is 0.915 bits per heavy atom. The number of rotatable bonds is 6. The molecule has 11 nitrogen and oxygen atoms in total. The largest absolute Gasteiger partial charge is 0.481 e. The zero-order valence-corrected chi connectivity index (χ0v) is 25.6. The first-order valence-corrected chi connectivity index (χ1v) is 15.2. The molecule has 232 valence electrons. The molecule has 0 radical (unpaired) electrons. The van der Waals surface area contributed by atoms with Gasteiger partial charge in [0.2, 0.25) is 5.88 Å². The number of piperidine rings is 1. The number of hydrogen-bond acceptors (Lipinski definition) is 8. The molecule has 0 aliphatic carbocycles. The fourth-order valence-electron chi connectivity index (χ4n) is 6.77. The van der Waals surface area contributed by atoms with Gasteiger partial charge in [-0.1, -0.05) is 18.2 Å². The summed E-state index contributed by atoms with van der Waals surface area (Å²) in [6, 6.07) is 16.4. The topological polar surface area (TPSA) is 117 Å². The molecular weight excluding hydrogens is 597 g/mol. The standard InChI is InChI=1S/C35H28FN9O2/c1-42-17-25(16-40-42)23-10-29(33-24(12-37)15-41-44(33)18-23)21-7-8-32(38-13-21)43-19-26-11-27(20-43)45(26)35(46)22-9-30(34(47-2)39-14-22)28-5-3-4-6-31(28)36/h3-10,13-18,26-27H,11,19-20H2,1-2H3. The number of ether oxygens (including phenoxy) is 1. The number of nitriles is 1. The molecule has 12 heteroatoms. The predicted octanol–water partition coefficient (Wildman–Crippen LogP) is 4.98. The van der Waals surface area contributed by atoms with E-state index in [0.717, 1.165) is 34.5 Å². The van der Waals surface area contributed by atoms with Crippen LogP contribution in [-0.4, -0.2) is 72.5 Å². The first kappa shape index (κ1) is 28.4. The first-order chi connectivity index (χ1) is 22.9. The highest BCUT2D eigenvalue weighted by Gasteiger charge is 2.47. The Morgan fingerprint density at radius 2 is 1.74 bits per heavy atom. The molecule has 9 rings (SSSR count). The van der Waals surface area contributed by atoms with Crippen LogP contribution in [0.3, 0.4) is 0 Å². The van der Waals surface area contributed by atoms with Gasteiger partial charge in [0, 0.05) is 78.3 Å². The number of piperazine rings is 1. The van der Waals surface area contributed by atoms with Gasteiger partial charge in [0.25, 0.3) is 5.91 Å². The zero-order chi connectivity index (χ0) is 32.2. The third-order valence-electron chi connectivity index (χ3n) is 9.04. The number of hydrogen-bond donors (Lipinski definition) is 0. The number of anilines is 1. The fourth-order valence-corrected chi connectivity index (χ4v) is 6.77. The van der Waals surface area contributed by atoms with Crippen molar-refractivity contribution in [1.82, 2.24) is 34.3 Å². The number of halogens is 1. The summed E-state index contributed by atoms with van der Waals surface area (Å²) < 4.78 is 23.5. The molecule has 0 spiro atoms. The van der Waals surface area contributed by atoms with Gasteiger partial charge in [0.15, 0.2) is 0 Å². The molecule has 2 bridgehead atoms. The van der Waals surface area contributed by atoms with Gasteiger partial charge in [-0.25, -0.2) is 18.9 Å². The number of nitrogens with zero attached hydrogens (tertiary/aromatic N) is 9. The molecule has 3 fully saturated rings. The summed E-state index contributed by atoms with van der Waals surface area (Å²) in [6.45, 7) is 1.28. The Morgan fingerprint density at radius 3 is 2.45 bits per heavy atom. The van der Waals surface area contributed by atoms with Crippen LogP contribution < -0.4 is 9.64 Å². The van der Waals surface area contributed by atoms with Crippen molar-refractivity contribution in [2.75, 3.05) is 25.1 Å². The first-order valence-electron chi connectivity index (χ1n) is 15.2. The van der Waals surface area contributed by atoms with E-state index < -0.39 is 5.82 Å².